The van der Waals surface area contributed by atoms with Gasteiger partial charge in [-0.2, -0.15) is 13.2 Å². The first-order valence-electron chi connectivity index (χ1n) is 6.09. The van der Waals surface area contributed by atoms with E-state index in [9.17, 15) is 13.2 Å². The molecule has 1 aromatic carbocycles. The van der Waals surface area contributed by atoms with Crippen molar-refractivity contribution in [3.8, 4) is 0 Å². The molecule has 0 spiro atoms. The third kappa shape index (κ3) is 2.17. The van der Waals surface area contributed by atoms with E-state index in [4.69, 9.17) is 5.73 Å². The molecule has 0 bridgehead atoms. The van der Waals surface area contributed by atoms with Crippen molar-refractivity contribution in [1.82, 2.24) is 4.98 Å². The molecular formula is C14H12F3N3. The highest BCUT2D eigenvalue weighted by Gasteiger charge is 2.36. The van der Waals surface area contributed by atoms with E-state index in [2.05, 4.69) is 4.98 Å². The maximum atomic E-state index is 13.0. The van der Waals surface area contributed by atoms with Crippen LogP contribution in [0.25, 0.3) is 0 Å². The number of nitrogens with two attached hydrogens (primary N) is 1. The van der Waals surface area contributed by atoms with E-state index in [0.29, 0.717) is 18.8 Å². The molecule has 0 radical (unpaired) electrons. The highest BCUT2D eigenvalue weighted by molar-refractivity contribution is 5.55. The van der Waals surface area contributed by atoms with Crippen LogP contribution in [0.4, 0.5) is 24.7 Å². The minimum atomic E-state index is -4.41. The highest BCUT2D eigenvalue weighted by Crippen LogP contribution is 2.38. The molecule has 0 amide bonds. The van der Waals surface area contributed by atoms with Crippen LogP contribution in [0.15, 0.2) is 36.5 Å². The molecule has 1 aliphatic heterocycles. The molecule has 20 heavy (non-hydrogen) atoms. The summed E-state index contributed by atoms with van der Waals surface area (Å²) in [4.78, 5) is 5.53. The van der Waals surface area contributed by atoms with E-state index >= 15 is 0 Å². The Hall–Kier alpha value is -2.24. The summed E-state index contributed by atoms with van der Waals surface area (Å²) in [7, 11) is 0. The SMILES string of the molecule is Nc1ccc2c(c1)CN(c1ncccc1C(F)(F)F)C2. The molecule has 0 fully saturated rings. The summed E-state index contributed by atoms with van der Waals surface area (Å²) in [6.45, 7) is 0.802. The first-order chi connectivity index (χ1) is 9.45. The van der Waals surface area contributed by atoms with Crippen LogP contribution in [-0.2, 0) is 19.3 Å². The fraction of sp³-hybridized carbons (Fsp3) is 0.214. The Morgan fingerprint density at radius 3 is 2.60 bits per heavy atom. The second-order valence-electron chi connectivity index (χ2n) is 4.76. The van der Waals surface area contributed by atoms with Gasteiger partial charge in [-0.3, -0.25) is 0 Å². The number of fused-ring (bicyclic) bond motifs is 1. The van der Waals surface area contributed by atoms with Gasteiger partial charge in [0.2, 0.25) is 0 Å². The zero-order valence-corrected chi connectivity index (χ0v) is 10.5. The third-order valence-corrected chi connectivity index (χ3v) is 3.34. The summed E-state index contributed by atoms with van der Waals surface area (Å²) in [6, 6.07) is 7.75. The number of aromatic nitrogens is 1. The van der Waals surface area contributed by atoms with Crippen LogP contribution in [0, 0.1) is 0 Å². The molecule has 2 aromatic rings. The monoisotopic (exact) mass is 279 g/mol. The van der Waals surface area contributed by atoms with Crippen molar-refractivity contribution in [1.29, 1.82) is 0 Å². The molecule has 3 rings (SSSR count). The molecule has 104 valence electrons. The van der Waals surface area contributed by atoms with E-state index in [1.165, 1.54) is 12.3 Å². The van der Waals surface area contributed by atoms with Crippen LogP contribution in [0.1, 0.15) is 16.7 Å². The smallest absolute Gasteiger partial charge is 0.399 e. The van der Waals surface area contributed by atoms with Crippen molar-refractivity contribution in [2.24, 2.45) is 0 Å². The number of hydrogen-bond donors (Lipinski definition) is 1. The minimum Gasteiger partial charge on any atom is -0.399 e. The summed E-state index contributed by atoms with van der Waals surface area (Å²) in [5, 5.41) is 0. The number of pyridine rings is 1. The van der Waals surface area contributed by atoms with Gasteiger partial charge in [0, 0.05) is 25.0 Å². The lowest BCUT2D eigenvalue weighted by molar-refractivity contribution is -0.137. The summed E-state index contributed by atoms with van der Waals surface area (Å²) in [5.41, 5.74) is 7.54. The maximum Gasteiger partial charge on any atom is 0.419 e. The fourth-order valence-electron chi connectivity index (χ4n) is 2.43. The molecule has 0 aliphatic carbocycles. The molecule has 1 aromatic heterocycles. The lowest BCUT2D eigenvalue weighted by Crippen LogP contribution is -2.21. The Balaban J connectivity index is 1.98. The first kappa shape index (κ1) is 12.8. The normalized spacial score (nSPS) is 14.4. The second kappa shape index (κ2) is 4.40. The number of halogens is 3. The van der Waals surface area contributed by atoms with Gasteiger partial charge in [-0.05, 0) is 35.4 Å². The van der Waals surface area contributed by atoms with Gasteiger partial charge in [-0.25, -0.2) is 4.98 Å². The van der Waals surface area contributed by atoms with Gasteiger partial charge in [0.15, 0.2) is 0 Å². The molecule has 0 unspecified atom stereocenters. The maximum absolute atomic E-state index is 13.0. The Kier molecular flexibility index (Phi) is 2.81. The predicted octanol–water partition coefficient (Wildman–Crippen LogP) is 3.20. The lowest BCUT2D eigenvalue weighted by atomic mass is 10.1. The third-order valence-electron chi connectivity index (χ3n) is 3.34. The van der Waals surface area contributed by atoms with Crippen molar-refractivity contribution in [3.05, 3.63) is 53.2 Å². The van der Waals surface area contributed by atoms with E-state index < -0.39 is 11.7 Å². The second-order valence-corrected chi connectivity index (χ2v) is 4.76. The largest absolute Gasteiger partial charge is 0.419 e. The number of benzene rings is 1. The summed E-state index contributed by atoms with van der Waals surface area (Å²) in [6.07, 6.45) is -3.03. The number of nitrogens with zero attached hydrogens (tertiary/aromatic N) is 2. The Morgan fingerprint density at radius 2 is 1.85 bits per heavy atom. The number of alkyl halides is 3. The van der Waals surface area contributed by atoms with Crippen LogP contribution in [0.3, 0.4) is 0 Å². The molecule has 0 saturated heterocycles. The predicted molar refractivity (Wildman–Crippen MR) is 70.0 cm³/mol. The molecular weight excluding hydrogens is 267 g/mol. The van der Waals surface area contributed by atoms with Crippen molar-refractivity contribution < 1.29 is 13.2 Å². The number of anilines is 2. The van der Waals surface area contributed by atoms with Crippen LogP contribution < -0.4 is 10.6 Å². The Morgan fingerprint density at radius 1 is 1.10 bits per heavy atom. The summed E-state index contributed by atoms with van der Waals surface area (Å²) >= 11 is 0. The van der Waals surface area contributed by atoms with Gasteiger partial charge in [0.1, 0.15) is 5.82 Å². The molecule has 2 N–H and O–H groups in total. The van der Waals surface area contributed by atoms with E-state index in [1.807, 2.05) is 6.07 Å². The Bertz CT molecular complexity index is 652. The number of rotatable bonds is 1. The number of nitrogen functional groups attached to an aromatic ring is 1. The van der Waals surface area contributed by atoms with E-state index in [0.717, 1.165) is 17.2 Å². The van der Waals surface area contributed by atoms with Crippen molar-refractivity contribution in [2.75, 3.05) is 10.6 Å². The van der Waals surface area contributed by atoms with E-state index in [1.54, 1.807) is 17.0 Å². The zero-order chi connectivity index (χ0) is 14.3. The lowest BCUT2D eigenvalue weighted by Gasteiger charge is -2.21. The molecule has 0 saturated carbocycles. The van der Waals surface area contributed by atoms with Crippen LogP contribution in [0.5, 0.6) is 0 Å². The zero-order valence-electron chi connectivity index (χ0n) is 10.5. The van der Waals surface area contributed by atoms with Crippen LogP contribution in [-0.4, -0.2) is 4.98 Å². The molecule has 1 aliphatic rings. The average molecular weight is 279 g/mol. The van der Waals surface area contributed by atoms with Gasteiger partial charge in [0.05, 0.1) is 5.56 Å². The van der Waals surface area contributed by atoms with Crippen molar-refractivity contribution >= 4 is 11.5 Å². The first-order valence-corrected chi connectivity index (χ1v) is 6.09. The average Bonchev–Trinajstić information content (AvgIpc) is 2.80. The molecule has 3 nitrogen and oxygen atoms in total. The van der Waals surface area contributed by atoms with Gasteiger partial charge in [0.25, 0.3) is 0 Å². The summed E-state index contributed by atoms with van der Waals surface area (Å²) in [5.74, 6) is -0.0326. The standard InChI is InChI=1S/C14H12F3N3/c15-14(16,17)12-2-1-5-19-13(12)20-7-9-3-4-11(18)6-10(9)8-20/h1-6H,7-8,18H2. The van der Waals surface area contributed by atoms with Crippen molar-refractivity contribution in [3.63, 3.8) is 0 Å². The van der Waals surface area contributed by atoms with Gasteiger partial charge < -0.3 is 10.6 Å². The number of hydrogen-bond acceptors (Lipinski definition) is 3. The quantitative estimate of drug-likeness (QED) is 0.815. The van der Waals surface area contributed by atoms with Crippen molar-refractivity contribution in [2.45, 2.75) is 19.3 Å². The Labute approximate surface area is 113 Å². The van der Waals surface area contributed by atoms with E-state index in [-0.39, 0.29) is 5.82 Å². The molecule has 0 atom stereocenters. The molecule has 2 heterocycles. The topological polar surface area (TPSA) is 42.1 Å². The fourth-order valence-corrected chi connectivity index (χ4v) is 2.43. The highest BCUT2D eigenvalue weighted by atomic mass is 19.4. The summed E-state index contributed by atoms with van der Waals surface area (Å²) < 4.78 is 39.0. The molecule has 6 heteroatoms. The van der Waals surface area contributed by atoms with Crippen LogP contribution in [0.2, 0.25) is 0 Å². The van der Waals surface area contributed by atoms with Gasteiger partial charge in [-0.1, -0.05) is 6.07 Å². The van der Waals surface area contributed by atoms with Gasteiger partial charge >= 0.3 is 6.18 Å². The van der Waals surface area contributed by atoms with Crippen LogP contribution >= 0.6 is 0 Å². The minimum absolute atomic E-state index is 0.0326. The van der Waals surface area contributed by atoms with Gasteiger partial charge in [-0.15, -0.1) is 0 Å².